The summed E-state index contributed by atoms with van der Waals surface area (Å²) in [5.74, 6) is -0.666. The van der Waals surface area contributed by atoms with Gasteiger partial charge in [-0.2, -0.15) is 27.7 Å². The Bertz CT molecular complexity index is 1000. The summed E-state index contributed by atoms with van der Waals surface area (Å²) in [6.45, 7) is 1.80. The summed E-state index contributed by atoms with van der Waals surface area (Å²) >= 11 is 0. The fraction of sp³-hybridized carbons (Fsp3) is 0.533. The van der Waals surface area contributed by atoms with Crippen molar-refractivity contribution in [3.8, 4) is 0 Å². The minimum atomic E-state index is -4.62. The molecule has 0 atom stereocenters. The van der Waals surface area contributed by atoms with Gasteiger partial charge in [0, 0.05) is 46.3 Å². The number of hydrogen-bond donors (Lipinski definition) is 0. The van der Waals surface area contributed by atoms with E-state index in [1.165, 1.54) is 20.1 Å². The first-order chi connectivity index (χ1) is 12.9. The summed E-state index contributed by atoms with van der Waals surface area (Å²) in [6, 6.07) is 0.699. The SMILES string of the molecule is Cc1c(S(=O)(=O)N2CCN(C(=O)c3cc(C(F)(F)F)n(C)n3)CC2)cnn1C. The first-order valence-corrected chi connectivity index (χ1v) is 9.76. The molecule has 3 heterocycles. The number of amides is 1. The maximum atomic E-state index is 12.9. The van der Waals surface area contributed by atoms with E-state index in [-0.39, 0.29) is 36.8 Å². The molecule has 0 N–H and O–H groups in total. The fourth-order valence-electron chi connectivity index (χ4n) is 3.00. The number of aromatic nitrogens is 4. The van der Waals surface area contributed by atoms with Gasteiger partial charge in [-0.05, 0) is 6.92 Å². The summed E-state index contributed by atoms with van der Waals surface area (Å²) in [4.78, 5) is 13.9. The minimum Gasteiger partial charge on any atom is -0.335 e. The highest BCUT2D eigenvalue weighted by Crippen LogP contribution is 2.29. The molecule has 154 valence electrons. The van der Waals surface area contributed by atoms with Crippen molar-refractivity contribution in [1.82, 2.24) is 28.8 Å². The van der Waals surface area contributed by atoms with Crippen molar-refractivity contribution >= 4 is 15.9 Å². The van der Waals surface area contributed by atoms with E-state index in [0.29, 0.717) is 16.4 Å². The molecule has 2 aromatic rings. The number of alkyl halides is 3. The van der Waals surface area contributed by atoms with E-state index in [1.807, 2.05) is 0 Å². The monoisotopic (exact) mass is 420 g/mol. The molecule has 2 aromatic heterocycles. The van der Waals surface area contributed by atoms with Crippen LogP contribution in [0.5, 0.6) is 0 Å². The zero-order chi connectivity index (χ0) is 20.9. The molecule has 9 nitrogen and oxygen atoms in total. The number of carbonyl (C=O) groups is 1. The summed E-state index contributed by atoms with van der Waals surface area (Å²) in [5, 5.41) is 7.58. The first kappa shape index (κ1) is 20.3. The van der Waals surface area contributed by atoms with E-state index in [0.717, 1.165) is 7.05 Å². The first-order valence-electron chi connectivity index (χ1n) is 8.32. The predicted octanol–water partition coefficient (Wildman–Crippen LogP) is 0.628. The topological polar surface area (TPSA) is 93.3 Å². The van der Waals surface area contributed by atoms with E-state index >= 15 is 0 Å². The Morgan fingerprint density at radius 3 is 2.18 bits per heavy atom. The Morgan fingerprint density at radius 1 is 1.11 bits per heavy atom. The van der Waals surface area contributed by atoms with E-state index in [9.17, 15) is 26.4 Å². The number of hydrogen-bond acceptors (Lipinski definition) is 5. The van der Waals surface area contributed by atoms with Gasteiger partial charge in [-0.1, -0.05) is 0 Å². The smallest absolute Gasteiger partial charge is 0.335 e. The number of nitrogens with zero attached hydrogens (tertiary/aromatic N) is 6. The standard InChI is InChI=1S/C15H19F3N6O3S/c1-10-12(9-19-21(10)2)28(26,27)24-6-4-23(5-7-24)14(25)11-8-13(15(16,17)18)22(3)20-11/h8-9H,4-7H2,1-3H3. The zero-order valence-electron chi connectivity index (χ0n) is 15.4. The lowest BCUT2D eigenvalue weighted by Gasteiger charge is -2.33. The highest BCUT2D eigenvalue weighted by molar-refractivity contribution is 7.89. The molecule has 1 aliphatic heterocycles. The van der Waals surface area contributed by atoms with Crippen molar-refractivity contribution < 1.29 is 26.4 Å². The molecule has 13 heteroatoms. The number of piperazine rings is 1. The highest BCUT2D eigenvalue weighted by Gasteiger charge is 2.37. The predicted molar refractivity (Wildman–Crippen MR) is 90.8 cm³/mol. The number of rotatable bonds is 3. The quantitative estimate of drug-likeness (QED) is 0.726. The average molecular weight is 420 g/mol. The van der Waals surface area contributed by atoms with Gasteiger partial charge in [0.2, 0.25) is 10.0 Å². The van der Waals surface area contributed by atoms with Crippen molar-refractivity contribution in [1.29, 1.82) is 0 Å². The van der Waals surface area contributed by atoms with Crippen molar-refractivity contribution in [3.05, 3.63) is 29.3 Å². The van der Waals surface area contributed by atoms with Crippen LogP contribution in [0, 0.1) is 6.92 Å². The molecular weight excluding hydrogens is 401 g/mol. The molecule has 1 amide bonds. The lowest BCUT2D eigenvalue weighted by molar-refractivity contribution is -0.143. The Labute approximate surface area is 159 Å². The van der Waals surface area contributed by atoms with Crippen LogP contribution in [-0.2, 0) is 30.3 Å². The van der Waals surface area contributed by atoms with Gasteiger partial charge in [-0.25, -0.2) is 8.42 Å². The second-order valence-corrected chi connectivity index (χ2v) is 8.36. The third-order valence-electron chi connectivity index (χ3n) is 4.72. The van der Waals surface area contributed by atoms with Gasteiger partial charge in [0.25, 0.3) is 5.91 Å². The van der Waals surface area contributed by atoms with E-state index in [2.05, 4.69) is 10.2 Å². The molecule has 0 aliphatic carbocycles. The van der Waals surface area contributed by atoms with Crippen LogP contribution < -0.4 is 0 Å². The van der Waals surface area contributed by atoms with Crippen molar-refractivity contribution in [2.45, 2.75) is 18.0 Å². The zero-order valence-corrected chi connectivity index (χ0v) is 16.2. The van der Waals surface area contributed by atoms with Crippen molar-refractivity contribution in [2.75, 3.05) is 26.2 Å². The normalized spacial score (nSPS) is 16.6. The van der Waals surface area contributed by atoms with Crippen LogP contribution in [0.4, 0.5) is 13.2 Å². The maximum Gasteiger partial charge on any atom is 0.433 e. The Morgan fingerprint density at radius 2 is 1.71 bits per heavy atom. The number of sulfonamides is 1. The van der Waals surface area contributed by atoms with E-state index < -0.39 is 27.8 Å². The third kappa shape index (κ3) is 3.51. The number of aryl methyl sites for hydroxylation is 2. The minimum absolute atomic E-state index is 0.0291. The van der Waals surface area contributed by atoms with E-state index in [4.69, 9.17) is 0 Å². The summed E-state index contributed by atoms with van der Waals surface area (Å²) < 4.78 is 67.4. The molecule has 1 aliphatic rings. The molecule has 0 unspecified atom stereocenters. The molecule has 1 saturated heterocycles. The third-order valence-corrected chi connectivity index (χ3v) is 6.72. The average Bonchev–Trinajstić information content (AvgIpc) is 3.17. The Balaban J connectivity index is 1.72. The fourth-order valence-corrected chi connectivity index (χ4v) is 4.61. The van der Waals surface area contributed by atoms with Gasteiger partial charge >= 0.3 is 6.18 Å². The molecule has 0 spiro atoms. The lowest BCUT2D eigenvalue weighted by atomic mass is 10.3. The van der Waals surface area contributed by atoms with Crippen LogP contribution in [0.15, 0.2) is 17.2 Å². The number of carbonyl (C=O) groups excluding carboxylic acids is 1. The van der Waals surface area contributed by atoms with Crippen LogP contribution >= 0.6 is 0 Å². The molecule has 3 rings (SSSR count). The van der Waals surface area contributed by atoms with Gasteiger partial charge in [0.15, 0.2) is 5.69 Å². The van der Waals surface area contributed by atoms with Crippen molar-refractivity contribution in [3.63, 3.8) is 0 Å². The second-order valence-electron chi connectivity index (χ2n) is 6.45. The molecule has 0 radical (unpaired) electrons. The van der Waals surface area contributed by atoms with Crippen LogP contribution in [-0.4, -0.2) is 69.3 Å². The largest absolute Gasteiger partial charge is 0.433 e. The summed E-state index contributed by atoms with van der Waals surface area (Å²) in [5.41, 5.74) is -0.856. The molecule has 0 aromatic carbocycles. The van der Waals surface area contributed by atoms with Crippen LogP contribution in [0.3, 0.4) is 0 Å². The molecular formula is C15H19F3N6O3S. The van der Waals surface area contributed by atoms with E-state index in [1.54, 1.807) is 14.0 Å². The van der Waals surface area contributed by atoms with Crippen LogP contribution in [0.1, 0.15) is 21.9 Å². The molecule has 28 heavy (non-hydrogen) atoms. The summed E-state index contributed by atoms with van der Waals surface area (Å²) in [7, 11) is -1.02. The Hall–Kier alpha value is -2.41. The van der Waals surface area contributed by atoms with Gasteiger partial charge in [0.05, 0.1) is 11.9 Å². The van der Waals surface area contributed by atoms with Crippen molar-refractivity contribution in [2.24, 2.45) is 14.1 Å². The van der Waals surface area contributed by atoms with Gasteiger partial charge in [-0.15, -0.1) is 0 Å². The lowest BCUT2D eigenvalue weighted by Crippen LogP contribution is -2.50. The van der Waals surface area contributed by atoms with Crippen LogP contribution in [0.25, 0.3) is 0 Å². The summed E-state index contributed by atoms with van der Waals surface area (Å²) in [6.07, 6.45) is -3.34. The number of halogens is 3. The molecule has 0 saturated carbocycles. The second kappa shape index (κ2) is 6.88. The molecule has 1 fully saturated rings. The maximum absolute atomic E-state index is 12.9. The van der Waals surface area contributed by atoms with Gasteiger partial charge in [0.1, 0.15) is 10.6 Å². The highest BCUT2D eigenvalue weighted by atomic mass is 32.2. The van der Waals surface area contributed by atoms with Gasteiger partial charge in [-0.3, -0.25) is 14.2 Å². The van der Waals surface area contributed by atoms with Gasteiger partial charge < -0.3 is 4.90 Å². The Kier molecular flexibility index (Phi) is 5.00. The molecule has 0 bridgehead atoms. The van der Waals surface area contributed by atoms with Crippen LogP contribution in [0.2, 0.25) is 0 Å².